The van der Waals surface area contributed by atoms with Crippen LogP contribution in [0.25, 0.3) is 11.5 Å². The van der Waals surface area contributed by atoms with Crippen LogP contribution in [-0.4, -0.2) is 26.2 Å². The summed E-state index contributed by atoms with van der Waals surface area (Å²) in [5.41, 5.74) is 0.476. The highest BCUT2D eigenvalue weighted by Gasteiger charge is 2.12. The number of aromatic amines is 1. The molecule has 66 valence electrons. The van der Waals surface area contributed by atoms with Crippen molar-refractivity contribution in [3.63, 3.8) is 0 Å². The minimum Gasteiger partial charge on any atom is -0.476 e. The van der Waals surface area contributed by atoms with E-state index in [1.807, 2.05) is 0 Å². The van der Waals surface area contributed by atoms with Gasteiger partial charge in [-0.2, -0.15) is 0 Å². The van der Waals surface area contributed by atoms with Crippen LogP contribution in [0.5, 0.6) is 0 Å². The zero-order chi connectivity index (χ0) is 9.26. The molecule has 0 aliphatic carbocycles. The Kier molecular flexibility index (Phi) is 1.59. The molecule has 2 heterocycles. The summed E-state index contributed by atoms with van der Waals surface area (Å²) in [4.78, 5) is 17.0. The quantitative estimate of drug-likeness (QED) is 0.710. The monoisotopic (exact) mass is 179 g/mol. The first-order chi connectivity index (χ1) is 6.27. The molecule has 6 nitrogen and oxygen atoms in total. The average Bonchev–Trinajstić information content (AvgIpc) is 2.75. The van der Waals surface area contributed by atoms with Gasteiger partial charge < -0.3 is 14.6 Å². The number of imidazole rings is 1. The summed E-state index contributed by atoms with van der Waals surface area (Å²) in [6.07, 6.45) is 2.99. The number of H-pyrrole nitrogens is 1. The number of rotatable bonds is 2. The van der Waals surface area contributed by atoms with Gasteiger partial charge in [-0.05, 0) is 0 Å². The van der Waals surface area contributed by atoms with Gasteiger partial charge in [0, 0.05) is 6.07 Å². The van der Waals surface area contributed by atoms with Gasteiger partial charge >= 0.3 is 5.97 Å². The molecule has 6 heteroatoms. The summed E-state index contributed by atoms with van der Waals surface area (Å²) in [6.45, 7) is 0. The SMILES string of the molecule is O=C(O)c1cc(-c2cnc[nH]2)on1. The van der Waals surface area contributed by atoms with Crippen molar-refractivity contribution in [3.8, 4) is 11.5 Å². The highest BCUT2D eigenvalue weighted by atomic mass is 16.5. The molecular weight excluding hydrogens is 174 g/mol. The fraction of sp³-hybridized carbons (Fsp3) is 0. The summed E-state index contributed by atoms with van der Waals surface area (Å²) in [5, 5.41) is 11.9. The maximum Gasteiger partial charge on any atom is 0.358 e. The van der Waals surface area contributed by atoms with E-state index in [-0.39, 0.29) is 5.69 Å². The van der Waals surface area contributed by atoms with Gasteiger partial charge in [0.05, 0.1) is 12.5 Å². The van der Waals surface area contributed by atoms with Crippen molar-refractivity contribution in [2.75, 3.05) is 0 Å². The number of aromatic carboxylic acids is 1. The van der Waals surface area contributed by atoms with Crippen LogP contribution >= 0.6 is 0 Å². The van der Waals surface area contributed by atoms with Crippen molar-refractivity contribution in [1.29, 1.82) is 0 Å². The normalized spacial score (nSPS) is 10.2. The van der Waals surface area contributed by atoms with E-state index in [2.05, 4.69) is 15.1 Å². The van der Waals surface area contributed by atoms with E-state index in [9.17, 15) is 4.79 Å². The summed E-state index contributed by atoms with van der Waals surface area (Å²) < 4.78 is 4.77. The molecular formula is C7H5N3O3. The van der Waals surface area contributed by atoms with Gasteiger partial charge in [-0.25, -0.2) is 9.78 Å². The standard InChI is InChI=1S/C7H5N3O3/c11-7(12)4-1-6(13-10-4)5-2-8-3-9-5/h1-3H,(H,8,9)(H,11,12). The number of carbonyl (C=O) groups is 1. The van der Waals surface area contributed by atoms with Crippen LogP contribution in [0.1, 0.15) is 10.5 Å². The Morgan fingerprint density at radius 3 is 3.00 bits per heavy atom. The summed E-state index contributed by atoms with van der Waals surface area (Å²) in [5.74, 6) is -0.760. The predicted molar refractivity (Wildman–Crippen MR) is 41.0 cm³/mol. The Morgan fingerprint density at radius 2 is 2.46 bits per heavy atom. The Balaban J connectivity index is 2.39. The summed E-state index contributed by atoms with van der Waals surface area (Å²) >= 11 is 0. The Labute approximate surface area is 72.2 Å². The molecule has 2 aromatic rings. The molecule has 0 radical (unpaired) electrons. The van der Waals surface area contributed by atoms with Crippen molar-refractivity contribution in [2.24, 2.45) is 0 Å². The lowest BCUT2D eigenvalue weighted by Gasteiger charge is -1.83. The van der Waals surface area contributed by atoms with Gasteiger partial charge in [0.1, 0.15) is 5.69 Å². The molecule has 2 aromatic heterocycles. The molecule has 0 unspecified atom stereocenters. The second kappa shape index (κ2) is 2.74. The van der Waals surface area contributed by atoms with Crippen LogP contribution in [0, 0.1) is 0 Å². The first-order valence-corrected chi connectivity index (χ1v) is 3.46. The van der Waals surface area contributed by atoms with Crippen molar-refractivity contribution in [2.45, 2.75) is 0 Å². The van der Waals surface area contributed by atoms with E-state index < -0.39 is 5.97 Å². The molecule has 0 atom stereocenters. The van der Waals surface area contributed by atoms with Crippen LogP contribution in [0.4, 0.5) is 0 Å². The zero-order valence-electron chi connectivity index (χ0n) is 6.39. The lowest BCUT2D eigenvalue weighted by atomic mass is 10.3. The molecule has 0 aliphatic heterocycles. The first-order valence-electron chi connectivity index (χ1n) is 3.46. The second-order valence-corrected chi connectivity index (χ2v) is 2.35. The lowest BCUT2D eigenvalue weighted by Crippen LogP contribution is -1.94. The maximum atomic E-state index is 10.4. The van der Waals surface area contributed by atoms with E-state index in [1.165, 1.54) is 18.6 Å². The Bertz CT molecular complexity index is 418. The predicted octanol–water partition coefficient (Wildman–Crippen LogP) is 0.763. The molecule has 0 saturated heterocycles. The molecule has 2 N–H and O–H groups in total. The molecule has 0 saturated carbocycles. The van der Waals surface area contributed by atoms with Gasteiger partial charge in [0.15, 0.2) is 11.5 Å². The number of hydrogen-bond acceptors (Lipinski definition) is 4. The first kappa shape index (κ1) is 7.53. The Hall–Kier alpha value is -2.11. The highest BCUT2D eigenvalue weighted by Crippen LogP contribution is 2.16. The van der Waals surface area contributed by atoms with E-state index in [0.717, 1.165) is 0 Å². The minimum absolute atomic E-state index is 0.121. The van der Waals surface area contributed by atoms with E-state index in [1.54, 1.807) is 0 Å². The van der Waals surface area contributed by atoms with Crippen LogP contribution in [-0.2, 0) is 0 Å². The molecule has 0 aliphatic rings. The third kappa shape index (κ3) is 1.28. The van der Waals surface area contributed by atoms with Gasteiger partial charge in [-0.15, -0.1) is 0 Å². The number of nitrogens with zero attached hydrogens (tertiary/aromatic N) is 2. The molecule has 13 heavy (non-hydrogen) atoms. The number of hydrogen-bond donors (Lipinski definition) is 2. The lowest BCUT2D eigenvalue weighted by molar-refractivity contribution is 0.0686. The van der Waals surface area contributed by atoms with Crippen molar-refractivity contribution in [1.82, 2.24) is 15.1 Å². The maximum absolute atomic E-state index is 10.4. The number of aromatic nitrogens is 3. The average molecular weight is 179 g/mol. The number of carboxylic acid groups (broad SMARTS) is 1. The summed E-state index contributed by atoms with van der Waals surface area (Å²) in [6, 6.07) is 1.33. The second-order valence-electron chi connectivity index (χ2n) is 2.35. The van der Waals surface area contributed by atoms with Crippen LogP contribution in [0.2, 0.25) is 0 Å². The van der Waals surface area contributed by atoms with Gasteiger partial charge in [-0.1, -0.05) is 5.16 Å². The Morgan fingerprint density at radius 1 is 1.62 bits per heavy atom. The molecule has 0 bridgehead atoms. The zero-order valence-corrected chi connectivity index (χ0v) is 6.39. The van der Waals surface area contributed by atoms with Crippen LogP contribution < -0.4 is 0 Å². The smallest absolute Gasteiger partial charge is 0.358 e. The number of nitrogens with one attached hydrogen (secondary N) is 1. The fourth-order valence-electron chi connectivity index (χ4n) is 0.894. The van der Waals surface area contributed by atoms with Gasteiger partial charge in [0.25, 0.3) is 0 Å². The molecule has 0 fully saturated rings. The highest BCUT2D eigenvalue weighted by molar-refractivity contribution is 5.86. The molecule has 0 amide bonds. The van der Waals surface area contributed by atoms with Crippen molar-refractivity contribution in [3.05, 3.63) is 24.3 Å². The van der Waals surface area contributed by atoms with Crippen molar-refractivity contribution < 1.29 is 14.4 Å². The third-order valence-electron chi connectivity index (χ3n) is 1.49. The van der Waals surface area contributed by atoms with Crippen molar-refractivity contribution >= 4 is 5.97 Å². The van der Waals surface area contributed by atoms with Gasteiger partial charge in [0.2, 0.25) is 0 Å². The topological polar surface area (TPSA) is 92.0 Å². The van der Waals surface area contributed by atoms with Crippen LogP contribution in [0.15, 0.2) is 23.1 Å². The fourth-order valence-corrected chi connectivity index (χ4v) is 0.894. The largest absolute Gasteiger partial charge is 0.476 e. The van der Waals surface area contributed by atoms with Gasteiger partial charge in [-0.3, -0.25) is 0 Å². The molecule has 0 aromatic carbocycles. The van der Waals surface area contributed by atoms with E-state index in [4.69, 9.17) is 9.63 Å². The molecule has 2 rings (SSSR count). The third-order valence-corrected chi connectivity index (χ3v) is 1.49. The summed E-state index contributed by atoms with van der Waals surface area (Å²) in [7, 11) is 0. The van der Waals surface area contributed by atoms with E-state index >= 15 is 0 Å². The minimum atomic E-state index is -1.12. The number of carboxylic acids is 1. The van der Waals surface area contributed by atoms with Crippen LogP contribution in [0.3, 0.4) is 0 Å². The van der Waals surface area contributed by atoms with E-state index in [0.29, 0.717) is 11.5 Å². The molecule has 0 spiro atoms.